The SMILES string of the molecule is CCc1ccc([C@@H](NC(=S)NC(C)C)c2cccs2)cc1. The highest BCUT2D eigenvalue weighted by Gasteiger charge is 2.16. The Morgan fingerprint density at radius 3 is 2.38 bits per heavy atom. The lowest BCUT2D eigenvalue weighted by atomic mass is 10.0. The molecule has 0 aliphatic heterocycles. The van der Waals surface area contributed by atoms with Gasteiger partial charge < -0.3 is 10.6 Å². The van der Waals surface area contributed by atoms with Gasteiger partial charge in [0.2, 0.25) is 0 Å². The number of aryl methyl sites for hydroxylation is 1. The quantitative estimate of drug-likeness (QED) is 0.805. The first-order valence-electron chi connectivity index (χ1n) is 7.29. The van der Waals surface area contributed by atoms with Gasteiger partial charge in [0.1, 0.15) is 0 Å². The average Bonchev–Trinajstić information content (AvgIpc) is 2.98. The molecule has 1 atom stereocenters. The molecule has 1 aromatic carbocycles. The monoisotopic (exact) mass is 318 g/mol. The molecule has 21 heavy (non-hydrogen) atoms. The number of thiocarbonyl (C=S) groups is 1. The Morgan fingerprint density at radius 1 is 1.14 bits per heavy atom. The predicted octanol–water partition coefficient (Wildman–Crippen LogP) is 4.27. The van der Waals surface area contributed by atoms with Crippen LogP contribution in [0.2, 0.25) is 0 Å². The van der Waals surface area contributed by atoms with Crippen molar-refractivity contribution < 1.29 is 0 Å². The first-order chi connectivity index (χ1) is 10.1. The van der Waals surface area contributed by atoms with E-state index >= 15 is 0 Å². The Bertz CT molecular complexity index is 559. The molecule has 0 unspecified atom stereocenters. The van der Waals surface area contributed by atoms with Crippen molar-refractivity contribution in [2.75, 3.05) is 0 Å². The third kappa shape index (κ3) is 4.55. The highest BCUT2D eigenvalue weighted by Crippen LogP contribution is 2.26. The van der Waals surface area contributed by atoms with Crippen LogP contribution in [0, 0.1) is 0 Å². The standard InChI is InChI=1S/C17H22N2S2/c1-4-13-7-9-14(10-8-13)16(15-6-5-11-21-15)19-17(20)18-12(2)3/h5-12,16H,4H2,1-3H3,(H2,18,19,20)/t16-/m1/s1. The van der Waals surface area contributed by atoms with Crippen LogP contribution >= 0.6 is 23.6 Å². The van der Waals surface area contributed by atoms with E-state index in [-0.39, 0.29) is 6.04 Å². The number of rotatable bonds is 5. The molecule has 0 aliphatic carbocycles. The van der Waals surface area contributed by atoms with E-state index < -0.39 is 0 Å². The summed E-state index contributed by atoms with van der Waals surface area (Å²) in [6.45, 7) is 6.35. The average molecular weight is 319 g/mol. The van der Waals surface area contributed by atoms with Gasteiger partial charge in [0.25, 0.3) is 0 Å². The number of hydrogen-bond donors (Lipinski definition) is 2. The second kappa shape index (κ2) is 7.57. The van der Waals surface area contributed by atoms with Crippen molar-refractivity contribution in [3.8, 4) is 0 Å². The van der Waals surface area contributed by atoms with Gasteiger partial charge in [0.05, 0.1) is 6.04 Å². The Labute approximate surface area is 136 Å². The third-order valence-electron chi connectivity index (χ3n) is 3.24. The van der Waals surface area contributed by atoms with Crippen LogP contribution < -0.4 is 10.6 Å². The van der Waals surface area contributed by atoms with Crippen LogP contribution in [0.25, 0.3) is 0 Å². The molecule has 0 amide bonds. The summed E-state index contributed by atoms with van der Waals surface area (Å²) >= 11 is 7.16. The van der Waals surface area contributed by atoms with Crippen LogP contribution in [0.4, 0.5) is 0 Å². The number of benzene rings is 1. The zero-order valence-corrected chi connectivity index (χ0v) is 14.4. The molecule has 2 aromatic rings. The van der Waals surface area contributed by atoms with E-state index in [1.807, 2.05) is 0 Å². The van der Waals surface area contributed by atoms with E-state index in [1.54, 1.807) is 11.3 Å². The summed E-state index contributed by atoms with van der Waals surface area (Å²) in [5, 5.41) is 9.49. The summed E-state index contributed by atoms with van der Waals surface area (Å²) in [6.07, 6.45) is 1.06. The minimum Gasteiger partial charge on any atom is -0.361 e. The van der Waals surface area contributed by atoms with E-state index in [4.69, 9.17) is 12.2 Å². The molecule has 0 aliphatic rings. The smallest absolute Gasteiger partial charge is 0.167 e. The molecular formula is C17H22N2S2. The van der Waals surface area contributed by atoms with Gasteiger partial charge in [-0.2, -0.15) is 0 Å². The maximum Gasteiger partial charge on any atom is 0.167 e. The first kappa shape index (κ1) is 16.0. The van der Waals surface area contributed by atoms with Crippen molar-refractivity contribution in [1.29, 1.82) is 0 Å². The van der Waals surface area contributed by atoms with Crippen molar-refractivity contribution in [2.45, 2.75) is 39.3 Å². The molecule has 0 saturated carbocycles. The van der Waals surface area contributed by atoms with Crippen molar-refractivity contribution in [3.63, 3.8) is 0 Å². The molecule has 0 bridgehead atoms. The van der Waals surface area contributed by atoms with Crippen LogP contribution in [0.1, 0.15) is 42.8 Å². The van der Waals surface area contributed by atoms with Crippen molar-refractivity contribution in [3.05, 3.63) is 57.8 Å². The molecule has 2 nitrogen and oxygen atoms in total. The number of nitrogens with one attached hydrogen (secondary N) is 2. The summed E-state index contributed by atoms with van der Waals surface area (Å²) in [5.74, 6) is 0. The van der Waals surface area contributed by atoms with Crippen LogP contribution in [0.15, 0.2) is 41.8 Å². The van der Waals surface area contributed by atoms with Gasteiger partial charge in [0, 0.05) is 10.9 Å². The number of hydrogen-bond acceptors (Lipinski definition) is 2. The molecule has 0 saturated heterocycles. The third-order valence-corrected chi connectivity index (χ3v) is 4.42. The van der Waals surface area contributed by atoms with Gasteiger partial charge >= 0.3 is 0 Å². The Morgan fingerprint density at radius 2 is 1.86 bits per heavy atom. The highest BCUT2D eigenvalue weighted by atomic mass is 32.1. The summed E-state index contributed by atoms with van der Waals surface area (Å²) < 4.78 is 0. The van der Waals surface area contributed by atoms with Gasteiger partial charge in [-0.25, -0.2) is 0 Å². The largest absolute Gasteiger partial charge is 0.361 e. The minimum atomic E-state index is 0.106. The van der Waals surface area contributed by atoms with E-state index in [9.17, 15) is 0 Å². The van der Waals surface area contributed by atoms with Crippen LogP contribution in [-0.2, 0) is 6.42 Å². The molecule has 0 fully saturated rings. The van der Waals surface area contributed by atoms with Crippen LogP contribution in [-0.4, -0.2) is 11.2 Å². The zero-order chi connectivity index (χ0) is 15.2. The van der Waals surface area contributed by atoms with Gasteiger partial charge in [-0.3, -0.25) is 0 Å². The lowest BCUT2D eigenvalue weighted by Crippen LogP contribution is -2.41. The van der Waals surface area contributed by atoms with Gasteiger partial charge in [-0.1, -0.05) is 37.3 Å². The molecule has 2 rings (SSSR count). The van der Waals surface area contributed by atoms with Crippen molar-refractivity contribution >= 4 is 28.7 Å². The summed E-state index contributed by atoms with van der Waals surface area (Å²) in [6, 6.07) is 13.4. The van der Waals surface area contributed by atoms with Crippen molar-refractivity contribution in [1.82, 2.24) is 10.6 Å². The highest BCUT2D eigenvalue weighted by molar-refractivity contribution is 7.80. The van der Waals surface area contributed by atoms with Crippen LogP contribution in [0.3, 0.4) is 0 Å². The summed E-state index contributed by atoms with van der Waals surface area (Å²) in [7, 11) is 0. The molecule has 0 radical (unpaired) electrons. The first-order valence-corrected chi connectivity index (χ1v) is 8.58. The Hall–Kier alpha value is -1.39. The number of thiophene rings is 1. The Balaban J connectivity index is 2.21. The predicted molar refractivity (Wildman–Crippen MR) is 96.0 cm³/mol. The van der Waals surface area contributed by atoms with Gasteiger partial charge in [-0.15, -0.1) is 11.3 Å². The van der Waals surface area contributed by atoms with E-state index in [1.165, 1.54) is 16.0 Å². The minimum absolute atomic E-state index is 0.106. The molecule has 1 heterocycles. The van der Waals surface area contributed by atoms with E-state index in [0.29, 0.717) is 11.2 Å². The maximum absolute atomic E-state index is 5.41. The molecule has 2 N–H and O–H groups in total. The second-order valence-electron chi connectivity index (χ2n) is 5.32. The second-order valence-corrected chi connectivity index (χ2v) is 6.70. The molecule has 112 valence electrons. The normalized spacial score (nSPS) is 12.2. The maximum atomic E-state index is 5.41. The molecule has 4 heteroatoms. The fourth-order valence-electron chi connectivity index (χ4n) is 2.15. The molecule has 0 spiro atoms. The van der Waals surface area contributed by atoms with Crippen molar-refractivity contribution in [2.24, 2.45) is 0 Å². The van der Waals surface area contributed by atoms with E-state index in [0.717, 1.165) is 6.42 Å². The lowest BCUT2D eigenvalue weighted by molar-refractivity contribution is 0.688. The van der Waals surface area contributed by atoms with E-state index in [2.05, 4.69) is 73.2 Å². The zero-order valence-electron chi connectivity index (χ0n) is 12.7. The van der Waals surface area contributed by atoms with Crippen LogP contribution in [0.5, 0.6) is 0 Å². The summed E-state index contributed by atoms with van der Waals surface area (Å²) in [5.41, 5.74) is 2.59. The Kier molecular flexibility index (Phi) is 5.76. The fourth-order valence-corrected chi connectivity index (χ4v) is 3.31. The van der Waals surface area contributed by atoms with Gasteiger partial charge in [0.15, 0.2) is 5.11 Å². The molecular weight excluding hydrogens is 296 g/mol. The topological polar surface area (TPSA) is 24.1 Å². The van der Waals surface area contributed by atoms with Gasteiger partial charge in [-0.05, 0) is 55.1 Å². The summed E-state index contributed by atoms with van der Waals surface area (Å²) in [4.78, 5) is 1.27. The fraction of sp³-hybridized carbons (Fsp3) is 0.353. The lowest BCUT2D eigenvalue weighted by Gasteiger charge is -2.22. The molecule has 1 aromatic heterocycles.